The van der Waals surface area contributed by atoms with E-state index in [1.54, 1.807) is 21.1 Å². The number of carbonyl (C=O) groups excluding carboxylic acids is 3. The van der Waals surface area contributed by atoms with Crippen LogP contribution in [-0.4, -0.2) is 67.0 Å². The number of hydrogen-bond donors (Lipinski definition) is 3. The van der Waals surface area contributed by atoms with Gasteiger partial charge < -0.3 is 30.0 Å². The number of benzene rings is 2. The lowest BCUT2D eigenvalue weighted by atomic mass is 9.78. The number of esters is 1. The van der Waals surface area contributed by atoms with Crippen LogP contribution in [0.1, 0.15) is 91.7 Å². The van der Waals surface area contributed by atoms with E-state index in [1.165, 1.54) is 0 Å². The number of nitrogens with one attached hydrogen (secondary N) is 2. The summed E-state index contributed by atoms with van der Waals surface area (Å²) >= 11 is 12.2. The van der Waals surface area contributed by atoms with Crippen molar-refractivity contribution >= 4 is 46.6 Å². The Hall–Kier alpha value is -3.11. The third kappa shape index (κ3) is 8.62. The fraction of sp³-hybridized carbons (Fsp3) is 0.553. The van der Waals surface area contributed by atoms with Crippen molar-refractivity contribution in [3.63, 3.8) is 0 Å². The van der Waals surface area contributed by atoms with Crippen molar-refractivity contribution in [1.29, 1.82) is 0 Å². The zero-order valence-electron chi connectivity index (χ0n) is 29.7. The molecule has 2 aromatic rings. The third-order valence-electron chi connectivity index (χ3n) is 10.1. The first kappa shape index (κ1) is 38.7. The van der Waals surface area contributed by atoms with Gasteiger partial charge in [0.1, 0.15) is 16.8 Å². The fourth-order valence-corrected chi connectivity index (χ4v) is 8.37. The van der Waals surface area contributed by atoms with Gasteiger partial charge in [-0.15, -0.1) is 0 Å². The Bertz CT molecular complexity index is 1560. The predicted octanol–water partition coefficient (Wildman–Crippen LogP) is 7.19. The molecule has 0 bridgehead atoms. The molecule has 9 nitrogen and oxygen atoms in total. The molecule has 268 valence electrons. The minimum absolute atomic E-state index is 0.0537. The van der Waals surface area contributed by atoms with Gasteiger partial charge in [0.05, 0.1) is 30.8 Å². The number of rotatable bonds is 8. The standard InChI is InChI=1S/C20H28ClNO4.C18H22ClNO3/c1-5-26-19(24)20(8-6-7-16(12-20)25-4)22-18(23)11-17-13(2)9-15(21)10-14(17)3;1-10-7-12(19)8-11(2)14(10)15-16(21)18(20-17(15)22)6-4-5-13(9-18)23-3/h9-10,16H,5-8,11-12H2,1-4H3,(H,22,23);7-8,13,21H,4-6,9H2,1-3H3,(H,20,22). The summed E-state index contributed by atoms with van der Waals surface area (Å²) < 4.78 is 16.2. The second-order valence-electron chi connectivity index (χ2n) is 13.6. The summed E-state index contributed by atoms with van der Waals surface area (Å²) in [4.78, 5) is 38.1. The average molecular weight is 718 g/mol. The maximum absolute atomic E-state index is 12.8. The van der Waals surface area contributed by atoms with Crippen molar-refractivity contribution in [2.24, 2.45) is 0 Å². The summed E-state index contributed by atoms with van der Waals surface area (Å²) in [5, 5.41) is 18.2. The molecule has 3 N–H and O–H groups in total. The summed E-state index contributed by atoms with van der Waals surface area (Å²) in [6, 6.07) is 7.34. The van der Waals surface area contributed by atoms with Gasteiger partial charge in [-0.25, -0.2) is 4.79 Å². The monoisotopic (exact) mass is 716 g/mol. The van der Waals surface area contributed by atoms with Crippen LogP contribution < -0.4 is 10.6 Å². The minimum Gasteiger partial charge on any atom is -0.509 e. The van der Waals surface area contributed by atoms with Crippen LogP contribution in [0, 0.1) is 27.7 Å². The molecular formula is C38H50Cl2N2O7. The van der Waals surface area contributed by atoms with E-state index in [1.807, 2.05) is 52.0 Å². The Morgan fingerprint density at radius 1 is 0.898 bits per heavy atom. The van der Waals surface area contributed by atoms with Crippen molar-refractivity contribution in [3.05, 3.63) is 73.5 Å². The Balaban J connectivity index is 0.000000222. The van der Waals surface area contributed by atoms with Crippen molar-refractivity contribution in [2.75, 3.05) is 20.8 Å². The summed E-state index contributed by atoms with van der Waals surface area (Å²) in [6.45, 7) is 9.74. The van der Waals surface area contributed by atoms with Crippen LogP contribution in [0.5, 0.6) is 0 Å². The van der Waals surface area contributed by atoms with Crippen LogP contribution in [0.2, 0.25) is 10.0 Å². The fourth-order valence-electron chi connectivity index (χ4n) is 7.71. The van der Waals surface area contributed by atoms with E-state index < -0.39 is 11.1 Å². The maximum atomic E-state index is 12.8. The first-order chi connectivity index (χ1) is 23.2. The highest BCUT2D eigenvalue weighted by molar-refractivity contribution is 6.31. The van der Waals surface area contributed by atoms with Crippen LogP contribution in [0.3, 0.4) is 0 Å². The van der Waals surface area contributed by atoms with E-state index in [0.717, 1.165) is 65.5 Å². The smallest absolute Gasteiger partial charge is 0.331 e. The Morgan fingerprint density at radius 3 is 1.98 bits per heavy atom. The first-order valence-corrected chi connectivity index (χ1v) is 17.8. The lowest BCUT2D eigenvalue weighted by Gasteiger charge is -2.38. The summed E-state index contributed by atoms with van der Waals surface area (Å²) in [5.74, 6) is -0.631. The van der Waals surface area contributed by atoms with Gasteiger partial charge in [-0.1, -0.05) is 23.2 Å². The number of aliphatic hydroxyl groups is 1. The number of aryl methyl sites for hydroxylation is 4. The van der Waals surface area contributed by atoms with Crippen LogP contribution in [0.15, 0.2) is 30.0 Å². The van der Waals surface area contributed by atoms with E-state index in [0.29, 0.717) is 34.9 Å². The molecule has 11 heteroatoms. The molecule has 5 rings (SSSR count). The average Bonchev–Trinajstić information content (AvgIpc) is 3.26. The molecule has 3 aliphatic rings. The van der Waals surface area contributed by atoms with Gasteiger partial charge in [0.15, 0.2) is 0 Å². The van der Waals surface area contributed by atoms with Crippen LogP contribution >= 0.6 is 23.2 Å². The Labute approximate surface area is 300 Å². The number of ether oxygens (including phenoxy) is 3. The SMILES string of the molecule is CCOC(=O)C1(NC(=O)Cc2c(C)cc(Cl)cc2C)CCCC(OC)C1.COC1CCCC2(C1)NC(=O)C(c1c(C)cc(Cl)cc1C)=C2O. The van der Waals surface area contributed by atoms with Crippen molar-refractivity contribution in [1.82, 2.24) is 10.6 Å². The van der Waals surface area contributed by atoms with Crippen molar-refractivity contribution in [2.45, 2.75) is 116 Å². The molecule has 1 aliphatic heterocycles. The number of halogens is 2. The quantitative estimate of drug-likeness (QED) is 0.247. The topological polar surface area (TPSA) is 123 Å². The molecule has 0 aromatic heterocycles. The van der Waals surface area contributed by atoms with Crippen molar-refractivity contribution < 1.29 is 33.7 Å². The second kappa shape index (κ2) is 16.3. The molecule has 49 heavy (non-hydrogen) atoms. The molecule has 0 saturated heterocycles. The van der Waals surface area contributed by atoms with E-state index in [2.05, 4.69) is 10.6 Å². The molecule has 2 fully saturated rings. The highest BCUT2D eigenvalue weighted by Crippen LogP contribution is 2.43. The maximum Gasteiger partial charge on any atom is 0.331 e. The number of amides is 2. The number of hydrogen-bond acceptors (Lipinski definition) is 7. The van der Waals surface area contributed by atoms with Crippen molar-refractivity contribution in [3.8, 4) is 0 Å². The first-order valence-electron chi connectivity index (χ1n) is 17.0. The second-order valence-corrected chi connectivity index (χ2v) is 14.5. The van der Waals surface area contributed by atoms with Crippen LogP contribution in [-0.2, 0) is 35.0 Å². The highest BCUT2D eigenvalue weighted by Gasteiger charge is 2.49. The van der Waals surface area contributed by atoms with Crippen LogP contribution in [0.25, 0.3) is 5.57 Å². The van der Waals surface area contributed by atoms with Gasteiger partial charge in [-0.05, 0) is 131 Å². The summed E-state index contributed by atoms with van der Waals surface area (Å²) in [7, 11) is 3.31. The summed E-state index contributed by atoms with van der Waals surface area (Å²) in [5.41, 5.74) is 4.11. The van der Waals surface area contributed by atoms with Gasteiger partial charge >= 0.3 is 5.97 Å². The van der Waals surface area contributed by atoms with E-state index in [4.69, 9.17) is 37.4 Å². The predicted molar refractivity (Wildman–Crippen MR) is 192 cm³/mol. The van der Waals surface area contributed by atoms with Gasteiger partial charge in [-0.3, -0.25) is 9.59 Å². The lowest BCUT2D eigenvalue weighted by molar-refractivity contribution is -0.157. The van der Waals surface area contributed by atoms with E-state index in [-0.39, 0.29) is 48.8 Å². The largest absolute Gasteiger partial charge is 0.509 e. The molecule has 0 radical (unpaired) electrons. The van der Waals surface area contributed by atoms with Gasteiger partial charge in [0.2, 0.25) is 5.91 Å². The molecular weight excluding hydrogens is 667 g/mol. The molecule has 4 unspecified atom stereocenters. The highest BCUT2D eigenvalue weighted by atomic mass is 35.5. The van der Waals surface area contributed by atoms with Gasteiger partial charge in [0.25, 0.3) is 5.91 Å². The normalized spacial score (nSPS) is 25.0. The zero-order chi connectivity index (χ0) is 36.1. The van der Waals surface area contributed by atoms with Crippen LogP contribution in [0.4, 0.5) is 0 Å². The molecule has 2 aromatic carbocycles. The number of aliphatic hydroxyl groups excluding tert-OH is 1. The van der Waals surface area contributed by atoms with Gasteiger partial charge in [-0.2, -0.15) is 0 Å². The summed E-state index contributed by atoms with van der Waals surface area (Å²) in [6.07, 6.45) is 6.08. The Kier molecular flexibility index (Phi) is 12.9. The van der Waals surface area contributed by atoms with Gasteiger partial charge in [0, 0.05) is 37.1 Å². The van der Waals surface area contributed by atoms with E-state index in [9.17, 15) is 19.5 Å². The Morgan fingerprint density at radius 2 is 1.43 bits per heavy atom. The van der Waals surface area contributed by atoms with E-state index >= 15 is 0 Å². The zero-order valence-corrected chi connectivity index (χ0v) is 31.2. The lowest BCUT2D eigenvalue weighted by Crippen LogP contribution is -2.59. The number of methoxy groups -OCH3 is 2. The molecule has 4 atom stereocenters. The number of carbonyl (C=O) groups is 3. The molecule has 2 aliphatic carbocycles. The molecule has 2 amide bonds. The minimum atomic E-state index is -1.01. The molecule has 1 spiro atoms. The third-order valence-corrected chi connectivity index (χ3v) is 10.6. The molecule has 1 heterocycles. The molecule has 2 saturated carbocycles.